The van der Waals surface area contributed by atoms with E-state index in [0.717, 1.165) is 47.5 Å². The van der Waals surface area contributed by atoms with Crippen LogP contribution in [0.25, 0.3) is 10.2 Å². The van der Waals surface area contributed by atoms with Gasteiger partial charge in [0.1, 0.15) is 10.7 Å². The summed E-state index contributed by atoms with van der Waals surface area (Å²) >= 11 is 3.12. The number of benzene rings is 1. The third-order valence-corrected chi connectivity index (χ3v) is 9.02. The van der Waals surface area contributed by atoms with Gasteiger partial charge in [-0.05, 0) is 67.8 Å². The minimum atomic E-state index is -0.0391. The Balaban J connectivity index is 1.06. The van der Waals surface area contributed by atoms with Gasteiger partial charge >= 0.3 is 0 Å². The maximum Gasteiger partial charge on any atom is 0.259 e. The van der Waals surface area contributed by atoms with Crippen molar-refractivity contribution in [2.75, 3.05) is 18.8 Å². The molecule has 1 fully saturated rings. The number of fused-ring (bicyclic) bond motifs is 3. The molecule has 3 aromatic rings. The van der Waals surface area contributed by atoms with Crippen molar-refractivity contribution in [1.82, 2.24) is 20.2 Å². The number of hydrogen-bond donors (Lipinski definition) is 2. The summed E-state index contributed by atoms with van der Waals surface area (Å²) in [5.41, 5.74) is 3.59. The predicted octanol–water partition coefficient (Wildman–Crippen LogP) is 4.25. The third-order valence-electron chi connectivity index (χ3n) is 6.89. The van der Waals surface area contributed by atoms with Crippen molar-refractivity contribution in [3.63, 3.8) is 0 Å². The summed E-state index contributed by atoms with van der Waals surface area (Å²) in [6.45, 7) is 6.24. The van der Waals surface area contributed by atoms with Crippen molar-refractivity contribution >= 4 is 39.2 Å². The van der Waals surface area contributed by atoms with E-state index in [1.807, 2.05) is 0 Å². The molecule has 0 atom stereocenters. The monoisotopic (exact) mass is 496 g/mol. The van der Waals surface area contributed by atoms with E-state index in [0.29, 0.717) is 23.9 Å². The molecule has 0 bridgehead atoms. The highest BCUT2D eigenvalue weighted by atomic mass is 32.2. The number of hydrogen-bond acceptors (Lipinski definition) is 6. The van der Waals surface area contributed by atoms with E-state index < -0.39 is 0 Å². The average Bonchev–Trinajstić information content (AvgIpc) is 3.41. The number of amides is 1. The van der Waals surface area contributed by atoms with Gasteiger partial charge in [-0.25, -0.2) is 4.98 Å². The maximum absolute atomic E-state index is 12.5. The molecule has 1 aliphatic carbocycles. The molecule has 6 nitrogen and oxygen atoms in total. The Morgan fingerprint density at radius 1 is 1.21 bits per heavy atom. The van der Waals surface area contributed by atoms with Crippen molar-refractivity contribution in [2.24, 2.45) is 5.92 Å². The van der Waals surface area contributed by atoms with E-state index in [1.54, 1.807) is 11.3 Å². The molecular weight excluding hydrogens is 464 g/mol. The lowest BCUT2D eigenvalue weighted by Gasteiger charge is -2.30. The first kappa shape index (κ1) is 23.6. The molecule has 0 radical (unpaired) electrons. The minimum absolute atomic E-state index is 0.00459. The molecule has 5 rings (SSSR count). The van der Waals surface area contributed by atoms with Crippen molar-refractivity contribution in [3.8, 4) is 0 Å². The third kappa shape index (κ3) is 5.56. The lowest BCUT2D eigenvalue weighted by Crippen LogP contribution is -2.32. The zero-order valence-corrected chi connectivity index (χ0v) is 21.3. The number of thiophene rings is 1. The van der Waals surface area contributed by atoms with Crippen LogP contribution in [0.3, 0.4) is 0 Å². The van der Waals surface area contributed by atoms with Crippen molar-refractivity contribution in [3.05, 3.63) is 62.0 Å². The number of aromatic amines is 1. The molecule has 180 valence electrons. The summed E-state index contributed by atoms with van der Waals surface area (Å²) < 4.78 is 0. The Morgan fingerprint density at radius 2 is 1.97 bits per heavy atom. The summed E-state index contributed by atoms with van der Waals surface area (Å²) in [6, 6.07) is 8.56. The smallest absolute Gasteiger partial charge is 0.259 e. The van der Waals surface area contributed by atoms with Crippen LogP contribution in [0.4, 0.5) is 0 Å². The minimum Gasteiger partial charge on any atom is -0.351 e. The van der Waals surface area contributed by atoms with Gasteiger partial charge in [0.05, 0.1) is 16.9 Å². The van der Waals surface area contributed by atoms with Crippen LogP contribution in [0.1, 0.15) is 53.6 Å². The lowest BCUT2D eigenvalue weighted by molar-refractivity contribution is -0.118. The van der Waals surface area contributed by atoms with E-state index >= 15 is 0 Å². The largest absolute Gasteiger partial charge is 0.351 e. The van der Waals surface area contributed by atoms with Gasteiger partial charge in [0.25, 0.3) is 5.56 Å². The van der Waals surface area contributed by atoms with Gasteiger partial charge in [0, 0.05) is 18.0 Å². The molecule has 3 heterocycles. The predicted molar refractivity (Wildman–Crippen MR) is 140 cm³/mol. The number of H-pyrrole nitrogens is 1. The first-order chi connectivity index (χ1) is 16.5. The number of nitrogens with one attached hydrogen (secondary N) is 2. The van der Waals surface area contributed by atoms with Crippen molar-refractivity contribution < 1.29 is 4.79 Å². The Morgan fingerprint density at radius 3 is 2.76 bits per heavy atom. The number of aromatic nitrogens is 2. The van der Waals surface area contributed by atoms with Crippen LogP contribution in [0.2, 0.25) is 0 Å². The number of nitrogens with zero attached hydrogens (tertiary/aromatic N) is 2. The number of rotatable bonds is 8. The number of carbonyl (C=O) groups is 1. The summed E-state index contributed by atoms with van der Waals surface area (Å²) in [5.74, 6) is 2.35. The van der Waals surface area contributed by atoms with Crippen molar-refractivity contribution in [1.29, 1.82) is 0 Å². The first-order valence-electron chi connectivity index (χ1n) is 12.2. The highest BCUT2D eigenvalue weighted by Gasteiger charge is 2.21. The standard InChI is InChI=1S/C26H32N4O2S2/c1-17-9-11-30(12-10-17)14-19-7-5-18(6-8-19)13-27-23(31)16-33-15-22-28-25(32)24-20-3-2-4-21(20)34-26(24)29-22/h5-8,17H,2-4,9-16H2,1H3,(H,27,31)(H,28,29,32). The second-order valence-corrected chi connectivity index (χ2v) is 11.7. The molecule has 2 aliphatic rings. The topological polar surface area (TPSA) is 78.1 Å². The highest BCUT2D eigenvalue weighted by Crippen LogP contribution is 2.34. The molecule has 0 unspecified atom stereocenters. The van der Waals surface area contributed by atoms with E-state index in [-0.39, 0.29) is 11.5 Å². The number of thioether (sulfide) groups is 1. The van der Waals surface area contributed by atoms with E-state index in [2.05, 4.69) is 51.4 Å². The Kier molecular flexibility index (Phi) is 7.37. The fourth-order valence-corrected chi connectivity index (χ4v) is 6.85. The zero-order chi connectivity index (χ0) is 23.5. The van der Waals surface area contributed by atoms with Gasteiger partial charge in [-0.15, -0.1) is 23.1 Å². The fraction of sp³-hybridized carbons (Fsp3) is 0.500. The van der Waals surface area contributed by atoms with Gasteiger partial charge in [0.15, 0.2) is 0 Å². The number of carbonyl (C=O) groups excluding carboxylic acids is 1. The quantitative estimate of drug-likeness (QED) is 0.487. The number of aryl methyl sites for hydroxylation is 2. The molecule has 2 aromatic heterocycles. The molecule has 1 amide bonds. The normalized spacial score (nSPS) is 16.7. The Labute approximate surface area is 208 Å². The Hall–Kier alpha value is -2.16. The number of piperidine rings is 1. The number of likely N-dealkylation sites (tertiary alicyclic amines) is 1. The summed E-state index contributed by atoms with van der Waals surface area (Å²) in [4.78, 5) is 37.1. The maximum atomic E-state index is 12.5. The van der Waals surface area contributed by atoms with Crippen LogP contribution in [-0.2, 0) is 36.5 Å². The highest BCUT2D eigenvalue weighted by molar-refractivity contribution is 7.99. The van der Waals surface area contributed by atoms with Gasteiger partial charge in [-0.2, -0.15) is 0 Å². The van der Waals surface area contributed by atoms with Crippen LogP contribution in [0, 0.1) is 5.92 Å². The van der Waals surface area contributed by atoms with Crippen LogP contribution in [0.15, 0.2) is 29.1 Å². The summed E-state index contributed by atoms with van der Waals surface area (Å²) in [7, 11) is 0. The SMILES string of the molecule is CC1CCN(Cc2ccc(CNC(=O)CSCc3nc4sc5c(c4c(=O)[nH]3)CCC5)cc2)CC1. The Bertz CT molecular complexity index is 1210. The molecule has 8 heteroatoms. The molecule has 0 saturated carbocycles. The fourth-order valence-electron chi connectivity index (χ4n) is 4.85. The summed E-state index contributed by atoms with van der Waals surface area (Å²) in [6.07, 6.45) is 5.75. The van der Waals surface area contributed by atoms with Gasteiger partial charge in [0.2, 0.25) is 5.91 Å². The zero-order valence-electron chi connectivity index (χ0n) is 19.7. The first-order valence-corrected chi connectivity index (χ1v) is 14.2. The molecule has 1 aromatic carbocycles. The second-order valence-electron chi connectivity index (χ2n) is 9.59. The van der Waals surface area contributed by atoms with Crippen molar-refractivity contribution in [2.45, 2.75) is 57.9 Å². The molecule has 0 spiro atoms. The van der Waals surface area contributed by atoms with Crippen LogP contribution >= 0.6 is 23.1 Å². The average molecular weight is 497 g/mol. The van der Waals surface area contributed by atoms with Gasteiger partial charge in [-0.1, -0.05) is 31.2 Å². The molecule has 34 heavy (non-hydrogen) atoms. The van der Waals surface area contributed by atoms with Crippen LogP contribution in [-0.4, -0.2) is 39.6 Å². The summed E-state index contributed by atoms with van der Waals surface area (Å²) in [5, 5.41) is 3.78. The van der Waals surface area contributed by atoms with Gasteiger partial charge in [-0.3, -0.25) is 14.5 Å². The molecule has 2 N–H and O–H groups in total. The van der Waals surface area contributed by atoms with Crippen LogP contribution < -0.4 is 10.9 Å². The molecular formula is C26H32N4O2S2. The molecule has 1 saturated heterocycles. The molecule has 1 aliphatic heterocycles. The second kappa shape index (κ2) is 10.6. The van der Waals surface area contributed by atoms with Crippen LogP contribution in [0.5, 0.6) is 0 Å². The van der Waals surface area contributed by atoms with E-state index in [1.165, 1.54) is 53.7 Å². The van der Waals surface area contributed by atoms with Gasteiger partial charge < -0.3 is 10.3 Å². The van der Waals surface area contributed by atoms with E-state index in [9.17, 15) is 9.59 Å². The van der Waals surface area contributed by atoms with E-state index in [4.69, 9.17) is 0 Å². The lowest BCUT2D eigenvalue weighted by atomic mass is 9.99.